The number of benzene rings is 1. The van der Waals surface area contributed by atoms with Gasteiger partial charge in [-0.3, -0.25) is 4.79 Å². The van der Waals surface area contributed by atoms with E-state index in [0.29, 0.717) is 18.1 Å². The number of hydrogen-bond donors (Lipinski definition) is 2. The molecule has 0 atom stereocenters. The predicted octanol–water partition coefficient (Wildman–Crippen LogP) is 1.58. The normalized spacial score (nSPS) is 10.5. The van der Waals surface area contributed by atoms with Crippen LogP contribution < -0.4 is 11.1 Å². The molecule has 1 aromatic carbocycles. The SMILES string of the molecule is NCCC(=O)Nc1nc2ccccc2s1. The van der Waals surface area contributed by atoms with Crippen molar-refractivity contribution in [2.24, 2.45) is 5.73 Å². The van der Waals surface area contributed by atoms with E-state index in [9.17, 15) is 4.79 Å². The molecule has 0 saturated heterocycles. The fourth-order valence-corrected chi connectivity index (χ4v) is 2.12. The standard InChI is InChI=1S/C10H11N3OS/c11-6-5-9(14)13-10-12-7-3-1-2-4-8(7)15-10/h1-4H,5-6,11H2,(H,12,13,14). The van der Waals surface area contributed by atoms with Crippen molar-refractivity contribution in [1.82, 2.24) is 4.98 Å². The number of nitrogens with two attached hydrogens (primary N) is 1. The number of nitrogens with one attached hydrogen (secondary N) is 1. The van der Waals surface area contributed by atoms with Gasteiger partial charge in [-0.15, -0.1) is 0 Å². The molecule has 0 radical (unpaired) electrons. The number of anilines is 1. The average Bonchev–Trinajstić information content (AvgIpc) is 2.59. The van der Waals surface area contributed by atoms with Gasteiger partial charge in [0, 0.05) is 13.0 Å². The lowest BCUT2D eigenvalue weighted by atomic mass is 10.3. The van der Waals surface area contributed by atoms with E-state index < -0.39 is 0 Å². The summed E-state index contributed by atoms with van der Waals surface area (Å²) in [7, 11) is 0. The highest BCUT2D eigenvalue weighted by molar-refractivity contribution is 7.22. The third kappa shape index (κ3) is 2.31. The lowest BCUT2D eigenvalue weighted by Crippen LogP contribution is -2.15. The van der Waals surface area contributed by atoms with Gasteiger partial charge in [0.15, 0.2) is 5.13 Å². The number of nitrogens with zero attached hydrogens (tertiary/aromatic N) is 1. The Hall–Kier alpha value is -1.46. The zero-order chi connectivity index (χ0) is 10.7. The van der Waals surface area contributed by atoms with E-state index in [1.807, 2.05) is 24.3 Å². The fourth-order valence-electron chi connectivity index (χ4n) is 1.24. The molecule has 3 N–H and O–H groups in total. The fraction of sp³-hybridized carbons (Fsp3) is 0.200. The van der Waals surface area contributed by atoms with Crippen molar-refractivity contribution >= 4 is 32.6 Å². The summed E-state index contributed by atoms with van der Waals surface area (Å²) < 4.78 is 1.07. The summed E-state index contributed by atoms with van der Waals surface area (Å²) in [6.07, 6.45) is 0.329. The third-order valence-electron chi connectivity index (χ3n) is 1.91. The topological polar surface area (TPSA) is 68.0 Å². The van der Waals surface area contributed by atoms with Gasteiger partial charge in [-0.1, -0.05) is 23.5 Å². The Morgan fingerprint density at radius 3 is 3.00 bits per heavy atom. The first-order chi connectivity index (χ1) is 7.29. The van der Waals surface area contributed by atoms with Gasteiger partial charge in [-0.05, 0) is 12.1 Å². The van der Waals surface area contributed by atoms with Crippen LogP contribution in [0, 0.1) is 0 Å². The van der Waals surface area contributed by atoms with Crippen LogP contribution in [0.5, 0.6) is 0 Å². The summed E-state index contributed by atoms with van der Waals surface area (Å²) in [5.41, 5.74) is 6.19. The molecule has 1 amide bonds. The first kappa shape index (κ1) is 10.1. The minimum Gasteiger partial charge on any atom is -0.330 e. The molecule has 0 aliphatic carbocycles. The van der Waals surface area contributed by atoms with E-state index >= 15 is 0 Å². The van der Waals surface area contributed by atoms with Crippen LogP contribution in [0.15, 0.2) is 24.3 Å². The van der Waals surface area contributed by atoms with Crippen LogP contribution in [0.25, 0.3) is 10.2 Å². The minimum atomic E-state index is -0.0865. The number of hydrogen-bond acceptors (Lipinski definition) is 4. The summed E-state index contributed by atoms with van der Waals surface area (Å²) >= 11 is 1.47. The van der Waals surface area contributed by atoms with Gasteiger partial charge < -0.3 is 11.1 Å². The molecule has 0 unspecified atom stereocenters. The minimum absolute atomic E-state index is 0.0865. The number of amides is 1. The summed E-state index contributed by atoms with van der Waals surface area (Å²) in [5, 5.41) is 3.35. The Morgan fingerprint density at radius 2 is 2.27 bits per heavy atom. The molecule has 1 aromatic heterocycles. The molecular formula is C10H11N3OS. The molecule has 0 spiro atoms. The maximum atomic E-state index is 11.3. The number of carbonyl (C=O) groups is 1. The van der Waals surface area contributed by atoms with E-state index in [-0.39, 0.29) is 5.91 Å². The van der Waals surface area contributed by atoms with Crippen molar-refractivity contribution in [3.8, 4) is 0 Å². The Balaban J connectivity index is 2.18. The zero-order valence-corrected chi connectivity index (χ0v) is 8.88. The highest BCUT2D eigenvalue weighted by Gasteiger charge is 2.05. The average molecular weight is 221 g/mol. The molecule has 0 bridgehead atoms. The van der Waals surface area contributed by atoms with Gasteiger partial charge in [0.25, 0.3) is 0 Å². The Bertz CT molecular complexity index is 447. The van der Waals surface area contributed by atoms with Crippen LogP contribution in [-0.2, 0) is 4.79 Å². The number of carbonyl (C=O) groups excluding carboxylic acids is 1. The van der Waals surface area contributed by atoms with E-state index in [1.54, 1.807) is 0 Å². The maximum absolute atomic E-state index is 11.3. The second-order valence-corrected chi connectivity index (χ2v) is 4.10. The summed E-state index contributed by atoms with van der Waals surface area (Å²) in [4.78, 5) is 15.5. The van der Waals surface area contributed by atoms with Crippen LogP contribution in [0.1, 0.15) is 6.42 Å². The van der Waals surface area contributed by atoms with Crippen molar-refractivity contribution in [1.29, 1.82) is 0 Å². The van der Waals surface area contributed by atoms with Crippen molar-refractivity contribution in [2.45, 2.75) is 6.42 Å². The van der Waals surface area contributed by atoms with Crippen molar-refractivity contribution in [3.05, 3.63) is 24.3 Å². The monoisotopic (exact) mass is 221 g/mol. The highest BCUT2D eigenvalue weighted by atomic mass is 32.1. The lowest BCUT2D eigenvalue weighted by molar-refractivity contribution is -0.116. The van der Waals surface area contributed by atoms with Gasteiger partial charge in [0.05, 0.1) is 10.2 Å². The Kier molecular flexibility index (Phi) is 2.94. The number of aromatic nitrogens is 1. The molecule has 4 nitrogen and oxygen atoms in total. The molecule has 0 fully saturated rings. The highest BCUT2D eigenvalue weighted by Crippen LogP contribution is 2.25. The van der Waals surface area contributed by atoms with Crippen LogP contribution in [0.2, 0.25) is 0 Å². The zero-order valence-electron chi connectivity index (χ0n) is 8.06. The Labute approximate surface area is 91.1 Å². The molecule has 2 aromatic rings. The molecule has 0 saturated carbocycles. The van der Waals surface area contributed by atoms with Crippen molar-refractivity contribution in [2.75, 3.05) is 11.9 Å². The molecule has 15 heavy (non-hydrogen) atoms. The van der Waals surface area contributed by atoms with Gasteiger partial charge in [-0.2, -0.15) is 0 Å². The van der Waals surface area contributed by atoms with E-state index in [1.165, 1.54) is 11.3 Å². The van der Waals surface area contributed by atoms with Crippen molar-refractivity contribution in [3.63, 3.8) is 0 Å². The second-order valence-electron chi connectivity index (χ2n) is 3.07. The van der Waals surface area contributed by atoms with Gasteiger partial charge >= 0.3 is 0 Å². The van der Waals surface area contributed by atoms with E-state index in [0.717, 1.165) is 10.2 Å². The molecule has 2 rings (SSSR count). The van der Waals surface area contributed by atoms with Gasteiger partial charge in [0.1, 0.15) is 0 Å². The summed E-state index contributed by atoms with van der Waals surface area (Å²) in [5.74, 6) is -0.0865. The molecule has 5 heteroatoms. The van der Waals surface area contributed by atoms with Crippen LogP contribution in [-0.4, -0.2) is 17.4 Å². The molecular weight excluding hydrogens is 210 g/mol. The molecule has 1 heterocycles. The number of fused-ring (bicyclic) bond motifs is 1. The molecule has 0 aliphatic rings. The first-order valence-corrected chi connectivity index (χ1v) is 5.47. The second kappa shape index (κ2) is 4.37. The largest absolute Gasteiger partial charge is 0.330 e. The van der Waals surface area contributed by atoms with E-state index in [4.69, 9.17) is 5.73 Å². The summed E-state index contributed by atoms with van der Waals surface area (Å²) in [6.45, 7) is 0.358. The van der Waals surface area contributed by atoms with Gasteiger partial charge in [-0.25, -0.2) is 4.98 Å². The van der Waals surface area contributed by atoms with Crippen LogP contribution >= 0.6 is 11.3 Å². The Morgan fingerprint density at radius 1 is 1.47 bits per heavy atom. The smallest absolute Gasteiger partial charge is 0.227 e. The predicted molar refractivity (Wildman–Crippen MR) is 61.9 cm³/mol. The number of para-hydroxylation sites is 1. The quantitative estimate of drug-likeness (QED) is 0.827. The van der Waals surface area contributed by atoms with Crippen LogP contribution in [0.4, 0.5) is 5.13 Å². The van der Waals surface area contributed by atoms with Crippen molar-refractivity contribution < 1.29 is 4.79 Å². The number of thiazole rings is 1. The summed E-state index contributed by atoms with van der Waals surface area (Å²) in [6, 6.07) is 7.77. The third-order valence-corrected chi connectivity index (χ3v) is 2.86. The van der Waals surface area contributed by atoms with Gasteiger partial charge in [0.2, 0.25) is 5.91 Å². The van der Waals surface area contributed by atoms with E-state index in [2.05, 4.69) is 10.3 Å². The maximum Gasteiger partial charge on any atom is 0.227 e. The van der Waals surface area contributed by atoms with Crippen LogP contribution in [0.3, 0.4) is 0 Å². The first-order valence-electron chi connectivity index (χ1n) is 4.65. The lowest BCUT2D eigenvalue weighted by Gasteiger charge is -1.97. The molecule has 78 valence electrons. The molecule has 0 aliphatic heterocycles. The number of rotatable bonds is 3.